The standard InChI is InChI=1S/C22H18ClFN4O2/c1-13-17(22(29)26-10-14-3-8-20(24)19(23)9-14)11-25-21-18(12-27-28(13)21)15-4-6-16(30-2)7-5-15/h3-9,11-12H,10H2,1-2H3,(H,26,29). The van der Waals surface area contributed by atoms with Crippen LogP contribution in [0, 0.1) is 12.7 Å². The number of aryl methyl sites for hydroxylation is 1. The molecule has 0 aliphatic carbocycles. The van der Waals surface area contributed by atoms with Crippen molar-refractivity contribution in [3.05, 3.63) is 82.5 Å². The molecule has 4 rings (SSSR count). The number of methoxy groups -OCH3 is 1. The topological polar surface area (TPSA) is 68.5 Å². The quantitative estimate of drug-likeness (QED) is 0.514. The Balaban J connectivity index is 1.58. The van der Waals surface area contributed by atoms with E-state index in [0.717, 1.165) is 16.9 Å². The summed E-state index contributed by atoms with van der Waals surface area (Å²) >= 11 is 5.79. The van der Waals surface area contributed by atoms with Crippen LogP contribution in [0.25, 0.3) is 16.8 Å². The fourth-order valence-electron chi connectivity index (χ4n) is 3.17. The van der Waals surface area contributed by atoms with Gasteiger partial charge < -0.3 is 10.1 Å². The smallest absolute Gasteiger partial charge is 0.254 e. The molecule has 0 aliphatic rings. The van der Waals surface area contributed by atoms with Gasteiger partial charge in [0.15, 0.2) is 5.65 Å². The average molecular weight is 425 g/mol. The number of carbonyl (C=O) groups is 1. The Morgan fingerprint density at radius 1 is 1.20 bits per heavy atom. The number of ether oxygens (including phenoxy) is 1. The first-order valence-corrected chi connectivity index (χ1v) is 9.55. The molecule has 0 unspecified atom stereocenters. The number of carbonyl (C=O) groups excluding carboxylic acids is 1. The van der Waals surface area contributed by atoms with E-state index < -0.39 is 5.82 Å². The zero-order valence-electron chi connectivity index (χ0n) is 16.3. The van der Waals surface area contributed by atoms with Crippen LogP contribution in [-0.2, 0) is 6.54 Å². The lowest BCUT2D eigenvalue weighted by atomic mass is 10.1. The molecule has 2 aromatic heterocycles. The first-order valence-electron chi connectivity index (χ1n) is 9.18. The molecule has 1 amide bonds. The lowest BCUT2D eigenvalue weighted by Crippen LogP contribution is -2.24. The third-order valence-corrected chi connectivity index (χ3v) is 5.14. The van der Waals surface area contributed by atoms with Crippen molar-refractivity contribution >= 4 is 23.2 Å². The molecule has 0 aliphatic heterocycles. The van der Waals surface area contributed by atoms with Crippen LogP contribution in [0.15, 0.2) is 54.9 Å². The van der Waals surface area contributed by atoms with Crippen LogP contribution in [-0.4, -0.2) is 27.6 Å². The Morgan fingerprint density at radius 2 is 1.97 bits per heavy atom. The molecule has 8 heteroatoms. The van der Waals surface area contributed by atoms with Crippen molar-refractivity contribution in [1.29, 1.82) is 0 Å². The molecule has 0 radical (unpaired) electrons. The molecule has 0 bridgehead atoms. The van der Waals surface area contributed by atoms with Crippen molar-refractivity contribution < 1.29 is 13.9 Å². The molecule has 0 spiro atoms. The summed E-state index contributed by atoms with van der Waals surface area (Å²) in [6.45, 7) is 2.02. The fourth-order valence-corrected chi connectivity index (χ4v) is 3.37. The predicted molar refractivity (Wildman–Crippen MR) is 112 cm³/mol. The summed E-state index contributed by atoms with van der Waals surface area (Å²) in [6, 6.07) is 11.9. The van der Waals surface area contributed by atoms with E-state index in [-0.39, 0.29) is 17.5 Å². The molecule has 0 saturated heterocycles. The highest BCUT2D eigenvalue weighted by Crippen LogP contribution is 2.26. The number of halogens is 2. The first-order chi connectivity index (χ1) is 14.5. The highest BCUT2D eigenvalue weighted by Gasteiger charge is 2.16. The number of nitrogens with one attached hydrogen (secondary N) is 1. The minimum Gasteiger partial charge on any atom is -0.497 e. The molecule has 30 heavy (non-hydrogen) atoms. The van der Waals surface area contributed by atoms with Gasteiger partial charge in [0, 0.05) is 18.3 Å². The SMILES string of the molecule is COc1ccc(-c2cnn3c(C)c(C(=O)NCc4ccc(F)c(Cl)c4)cnc23)cc1. The van der Waals surface area contributed by atoms with E-state index >= 15 is 0 Å². The molecule has 1 N–H and O–H groups in total. The highest BCUT2D eigenvalue weighted by molar-refractivity contribution is 6.30. The van der Waals surface area contributed by atoms with Crippen LogP contribution in [0.4, 0.5) is 4.39 Å². The maximum atomic E-state index is 13.3. The molecule has 4 aromatic rings. The minimum absolute atomic E-state index is 0.0172. The molecule has 0 saturated carbocycles. The molecule has 0 atom stereocenters. The Morgan fingerprint density at radius 3 is 2.67 bits per heavy atom. The molecule has 6 nitrogen and oxygen atoms in total. The summed E-state index contributed by atoms with van der Waals surface area (Å²) < 4.78 is 20.1. The third kappa shape index (κ3) is 3.71. The number of hydrogen-bond acceptors (Lipinski definition) is 4. The van der Waals surface area contributed by atoms with Crippen LogP contribution < -0.4 is 10.1 Å². The average Bonchev–Trinajstić information content (AvgIpc) is 3.20. The largest absolute Gasteiger partial charge is 0.497 e. The van der Waals surface area contributed by atoms with Crippen LogP contribution in [0.1, 0.15) is 21.6 Å². The van der Waals surface area contributed by atoms with E-state index in [4.69, 9.17) is 16.3 Å². The van der Waals surface area contributed by atoms with Crippen molar-refractivity contribution in [3.63, 3.8) is 0 Å². The summed E-state index contributed by atoms with van der Waals surface area (Å²) in [7, 11) is 1.62. The molecule has 152 valence electrons. The van der Waals surface area contributed by atoms with Gasteiger partial charge in [0.1, 0.15) is 11.6 Å². The Labute approximate surface area is 177 Å². The van der Waals surface area contributed by atoms with Crippen molar-refractivity contribution in [3.8, 4) is 16.9 Å². The molecular formula is C22H18ClFN4O2. The van der Waals surface area contributed by atoms with E-state index in [1.54, 1.807) is 23.9 Å². The summed E-state index contributed by atoms with van der Waals surface area (Å²) in [4.78, 5) is 17.1. The lowest BCUT2D eigenvalue weighted by molar-refractivity contribution is 0.0949. The van der Waals surface area contributed by atoms with Gasteiger partial charge in [-0.05, 0) is 42.3 Å². The number of nitrogens with zero attached hydrogens (tertiary/aromatic N) is 3. The monoisotopic (exact) mass is 424 g/mol. The highest BCUT2D eigenvalue weighted by atomic mass is 35.5. The van der Waals surface area contributed by atoms with E-state index in [1.165, 1.54) is 18.3 Å². The first kappa shape index (κ1) is 19.8. The van der Waals surface area contributed by atoms with Crippen LogP contribution >= 0.6 is 11.6 Å². The zero-order valence-corrected chi connectivity index (χ0v) is 17.1. The number of aromatic nitrogens is 3. The van der Waals surface area contributed by atoms with Gasteiger partial charge in [0.2, 0.25) is 0 Å². The van der Waals surface area contributed by atoms with Gasteiger partial charge >= 0.3 is 0 Å². The normalized spacial score (nSPS) is 10.9. The van der Waals surface area contributed by atoms with E-state index in [1.807, 2.05) is 31.2 Å². The third-order valence-electron chi connectivity index (χ3n) is 4.85. The number of hydrogen-bond donors (Lipinski definition) is 1. The van der Waals surface area contributed by atoms with Gasteiger partial charge in [-0.3, -0.25) is 4.79 Å². The zero-order chi connectivity index (χ0) is 21.3. The Kier molecular flexibility index (Phi) is 5.37. The van der Waals surface area contributed by atoms with Crippen molar-refractivity contribution in [2.45, 2.75) is 13.5 Å². The number of benzene rings is 2. The number of amides is 1. The van der Waals surface area contributed by atoms with Gasteiger partial charge in [-0.15, -0.1) is 0 Å². The Hall–Kier alpha value is -3.45. The van der Waals surface area contributed by atoms with Gasteiger partial charge in [0.25, 0.3) is 5.91 Å². The van der Waals surface area contributed by atoms with Crippen LogP contribution in [0.3, 0.4) is 0 Å². The van der Waals surface area contributed by atoms with Crippen molar-refractivity contribution in [2.24, 2.45) is 0 Å². The second-order valence-corrected chi connectivity index (χ2v) is 7.12. The summed E-state index contributed by atoms with van der Waals surface area (Å²) in [5.41, 5.74) is 4.22. The van der Waals surface area contributed by atoms with Crippen LogP contribution in [0.5, 0.6) is 5.75 Å². The van der Waals surface area contributed by atoms with E-state index in [9.17, 15) is 9.18 Å². The van der Waals surface area contributed by atoms with E-state index in [2.05, 4.69) is 15.4 Å². The minimum atomic E-state index is -0.497. The molecule has 2 aromatic carbocycles. The number of fused-ring (bicyclic) bond motifs is 1. The predicted octanol–water partition coefficient (Wildman–Crippen LogP) is 4.44. The molecule has 0 fully saturated rings. The van der Waals surface area contributed by atoms with Crippen LogP contribution in [0.2, 0.25) is 5.02 Å². The van der Waals surface area contributed by atoms with Crippen molar-refractivity contribution in [1.82, 2.24) is 19.9 Å². The molecular weight excluding hydrogens is 407 g/mol. The van der Waals surface area contributed by atoms with Gasteiger partial charge in [-0.25, -0.2) is 13.9 Å². The maximum Gasteiger partial charge on any atom is 0.254 e. The molecule has 2 heterocycles. The fraction of sp³-hybridized carbons (Fsp3) is 0.136. The van der Waals surface area contributed by atoms with Gasteiger partial charge in [-0.2, -0.15) is 5.10 Å². The summed E-state index contributed by atoms with van der Waals surface area (Å²) in [6.07, 6.45) is 3.26. The lowest BCUT2D eigenvalue weighted by Gasteiger charge is -2.09. The maximum absolute atomic E-state index is 13.3. The summed E-state index contributed by atoms with van der Waals surface area (Å²) in [5.74, 6) is -0.0341. The second-order valence-electron chi connectivity index (χ2n) is 6.71. The van der Waals surface area contributed by atoms with Crippen molar-refractivity contribution in [2.75, 3.05) is 7.11 Å². The second kappa shape index (κ2) is 8.12. The number of rotatable bonds is 5. The van der Waals surface area contributed by atoms with Gasteiger partial charge in [-0.1, -0.05) is 29.8 Å². The Bertz CT molecular complexity index is 1240. The van der Waals surface area contributed by atoms with Gasteiger partial charge in [0.05, 0.1) is 29.6 Å². The summed E-state index contributed by atoms with van der Waals surface area (Å²) in [5, 5.41) is 7.22. The van der Waals surface area contributed by atoms with E-state index in [0.29, 0.717) is 22.5 Å².